The van der Waals surface area contributed by atoms with Gasteiger partial charge in [0, 0.05) is 18.5 Å². The minimum atomic E-state index is -0.866. The molecule has 0 fully saturated rings. The summed E-state index contributed by atoms with van der Waals surface area (Å²) in [6.45, 7) is 7.36. The molecule has 0 bridgehead atoms. The van der Waals surface area contributed by atoms with Gasteiger partial charge >= 0.3 is 5.97 Å². The second-order valence-corrected chi connectivity index (χ2v) is 5.84. The highest BCUT2D eigenvalue weighted by Crippen LogP contribution is 2.17. The van der Waals surface area contributed by atoms with E-state index in [1.807, 2.05) is 34.9 Å². The van der Waals surface area contributed by atoms with Gasteiger partial charge in [0.2, 0.25) is 5.91 Å². The van der Waals surface area contributed by atoms with Gasteiger partial charge < -0.3 is 14.9 Å². The fourth-order valence-corrected chi connectivity index (χ4v) is 1.60. The lowest BCUT2D eigenvalue weighted by Crippen LogP contribution is -2.41. The third kappa shape index (κ3) is 7.27. The van der Waals surface area contributed by atoms with E-state index in [9.17, 15) is 9.59 Å². The molecule has 0 atom stereocenters. The molecule has 5 nitrogen and oxygen atoms in total. The number of carbonyl (C=O) groups excluding carboxylic acids is 1. The van der Waals surface area contributed by atoms with E-state index in [1.165, 1.54) is 0 Å². The number of nitrogens with zero attached hydrogens (tertiary/aromatic N) is 2. The van der Waals surface area contributed by atoms with Crippen molar-refractivity contribution in [2.45, 2.75) is 33.6 Å². The lowest BCUT2D eigenvalue weighted by molar-refractivity contribution is -0.142. The summed E-state index contributed by atoms with van der Waals surface area (Å²) < 4.78 is 0. The van der Waals surface area contributed by atoms with Crippen LogP contribution in [0.25, 0.3) is 0 Å². The van der Waals surface area contributed by atoms with Gasteiger partial charge in [-0.1, -0.05) is 20.8 Å². The number of hydrogen-bond donors (Lipinski definition) is 1. The van der Waals surface area contributed by atoms with Crippen molar-refractivity contribution in [1.82, 2.24) is 9.80 Å². The van der Waals surface area contributed by atoms with E-state index in [4.69, 9.17) is 5.11 Å². The second kappa shape index (κ2) is 7.36. The Hall–Kier alpha value is -1.10. The lowest BCUT2D eigenvalue weighted by atomic mass is 9.94. The Morgan fingerprint density at radius 3 is 2.00 bits per heavy atom. The molecule has 1 amide bonds. The molecule has 106 valence electrons. The molecule has 0 aliphatic heterocycles. The van der Waals surface area contributed by atoms with Crippen LogP contribution in [0.15, 0.2) is 0 Å². The number of carboxylic acid groups (broad SMARTS) is 1. The minimum absolute atomic E-state index is 0.00375. The Bertz CT molecular complexity index is 282. The largest absolute Gasteiger partial charge is 0.481 e. The fraction of sp³-hybridized carbons (Fsp3) is 0.846. The summed E-state index contributed by atoms with van der Waals surface area (Å²) in [6.07, 6.45) is 0.859. The maximum absolute atomic E-state index is 12.2. The minimum Gasteiger partial charge on any atom is -0.481 e. The summed E-state index contributed by atoms with van der Waals surface area (Å²) in [5.74, 6) is -0.850. The van der Waals surface area contributed by atoms with E-state index in [1.54, 1.807) is 4.90 Å². The van der Waals surface area contributed by atoms with Gasteiger partial charge in [0.25, 0.3) is 0 Å². The monoisotopic (exact) mass is 258 g/mol. The SMILES string of the molecule is CN(C)CCCN(CCC(=O)O)C(=O)C(C)(C)C. The predicted molar refractivity (Wildman–Crippen MR) is 71.5 cm³/mol. The van der Waals surface area contributed by atoms with E-state index >= 15 is 0 Å². The van der Waals surface area contributed by atoms with Crippen molar-refractivity contribution >= 4 is 11.9 Å². The highest BCUT2D eigenvalue weighted by atomic mass is 16.4. The van der Waals surface area contributed by atoms with Crippen molar-refractivity contribution in [2.75, 3.05) is 33.7 Å². The quantitative estimate of drug-likeness (QED) is 0.747. The third-order valence-electron chi connectivity index (χ3n) is 2.56. The van der Waals surface area contributed by atoms with Crippen LogP contribution in [0.3, 0.4) is 0 Å². The molecular formula is C13H26N2O3. The molecule has 0 aromatic heterocycles. The molecule has 0 rings (SSSR count). The molecule has 0 aromatic carbocycles. The van der Waals surface area contributed by atoms with Gasteiger partial charge in [-0.25, -0.2) is 0 Å². The van der Waals surface area contributed by atoms with E-state index in [0.29, 0.717) is 13.1 Å². The summed E-state index contributed by atoms with van der Waals surface area (Å²) in [5.41, 5.74) is -0.462. The molecule has 0 unspecified atom stereocenters. The average molecular weight is 258 g/mol. The van der Waals surface area contributed by atoms with Gasteiger partial charge in [-0.15, -0.1) is 0 Å². The highest BCUT2D eigenvalue weighted by molar-refractivity contribution is 5.82. The first-order chi connectivity index (χ1) is 8.14. The van der Waals surface area contributed by atoms with Gasteiger partial charge in [-0.2, -0.15) is 0 Å². The van der Waals surface area contributed by atoms with Crippen LogP contribution in [0.2, 0.25) is 0 Å². The van der Waals surface area contributed by atoms with Crippen molar-refractivity contribution in [3.8, 4) is 0 Å². The normalized spacial score (nSPS) is 11.7. The number of carboxylic acids is 1. The first-order valence-corrected chi connectivity index (χ1v) is 6.30. The molecule has 0 aliphatic rings. The standard InChI is InChI=1S/C13H26N2O3/c1-13(2,3)12(18)15(10-7-11(16)17)9-6-8-14(4)5/h6-10H2,1-5H3,(H,16,17). The highest BCUT2D eigenvalue weighted by Gasteiger charge is 2.27. The molecule has 18 heavy (non-hydrogen) atoms. The van der Waals surface area contributed by atoms with Crippen LogP contribution in [0.4, 0.5) is 0 Å². The molecule has 0 aliphatic carbocycles. The Balaban J connectivity index is 4.42. The van der Waals surface area contributed by atoms with Crippen LogP contribution in [0.5, 0.6) is 0 Å². The molecule has 0 aromatic rings. The van der Waals surface area contributed by atoms with Crippen LogP contribution < -0.4 is 0 Å². The first-order valence-electron chi connectivity index (χ1n) is 6.30. The fourth-order valence-electron chi connectivity index (χ4n) is 1.60. The first kappa shape index (κ1) is 16.9. The zero-order chi connectivity index (χ0) is 14.3. The topological polar surface area (TPSA) is 60.9 Å². The van der Waals surface area contributed by atoms with E-state index < -0.39 is 11.4 Å². The summed E-state index contributed by atoms with van der Waals surface area (Å²) in [7, 11) is 3.96. The Labute approximate surface area is 110 Å². The van der Waals surface area contributed by atoms with Crippen molar-refractivity contribution in [3.05, 3.63) is 0 Å². The van der Waals surface area contributed by atoms with E-state index in [0.717, 1.165) is 13.0 Å². The molecule has 5 heteroatoms. The molecule has 0 saturated carbocycles. The third-order valence-corrected chi connectivity index (χ3v) is 2.56. The smallest absolute Gasteiger partial charge is 0.305 e. The summed E-state index contributed by atoms with van der Waals surface area (Å²) in [5, 5.41) is 8.71. The summed E-state index contributed by atoms with van der Waals surface area (Å²) in [4.78, 5) is 26.5. The number of carbonyl (C=O) groups is 2. The molecule has 1 N–H and O–H groups in total. The zero-order valence-corrected chi connectivity index (χ0v) is 12.2. The van der Waals surface area contributed by atoms with Crippen LogP contribution in [0, 0.1) is 5.41 Å². The number of rotatable bonds is 7. The van der Waals surface area contributed by atoms with Crippen LogP contribution >= 0.6 is 0 Å². The molecule has 0 radical (unpaired) electrons. The number of aliphatic carboxylic acids is 1. The van der Waals surface area contributed by atoms with Crippen molar-refractivity contribution in [2.24, 2.45) is 5.41 Å². The van der Waals surface area contributed by atoms with Crippen LogP contribution in [-0.4, -0.2) is 60.5 Å². The Morgan fingerprint density at radius 2 is 1.61 bits per heavy atom. The summed E-state index contributed by atoms with van der Waals surface area (Å²) >= 11 is 0. The van der Waals surface area contributed by atoms with Crippen LogP contribution in [0.1, 0.15) is 33.6 Å². The average Bonchev–Trinajstić information content (AvgIpc) is 2.20. The Kier molecular flexibility index (Phi) is 6.91. The van der Waals surface area contributed by atoms with E-state index in [2.05, 4.69) is 4.90 Å². The second-order valence-electron chi connectivity index (χ2n) is 5.84. The van der Waals surface area contributed by atoms with Gasteiger partial charge in [0.1, 0.15) is 0 Å². The maximum Gasteiger partial charge on any atom is 0.305 e. The number of hydrogen-bond acceptors (Lipinski definition) is 3. The zero-order valence-electron chi connectivity index (χ0n) is 12.2. The predicted octanol–water partition coefficient (Wildman–Crippen LogP) is 1.29. The molecular weight excluding hydrogens is 232 g/mol. The number of amides is 1. The lowest BCUT2D eigenvalue weighted by Gasteiger charge is -2.29. The Morgan fingerprint density at radius 1 is 1.06 bits per heavy atom. The van der Waals surface area contributed by atoms with Crippen molar-refractivity contribution in [1.29, 1.82) is 0 Å². The van der Waals surface area contributed by atoms with Crippen LogP contribution in [-0.2, 0) is 9.59 Å². The van der Waals surface area contributed by atoms with Gasteiger partial charge in [-0.05, 0) is 27.1 Å². The van der Waals surface area contributed by atoms with Crippen molar-refractivity contribution in [3.63, 3.8) is 0 Å². The summed E-state index contributed by atoms with van der Waals surface area (Å²) in [6, 6.07) is 0. The van der Waals surface area contributed by atoms with Gasteiger partial charge in [0.15, 0.2) is 0 Å². The van der Waals surface area contributed by atoms with E-state index in [-0.39, 0.29) is 12.3 Å². The maximum atomic E-state index is 12.2. The van der Waals surface area contributed by atoms with Gasteiger partial charge in [0.05, 0.1) is 6.42 Å². The van der Waals surface area contributed by atoms with Gasteiger partial charge in [-0.3, -0.25) is 9.59 Å². The van der Waals surface area contributed by atoms with Crippen molar-refractivity contribution < 1.29 is 14.7 Å². The molecule has 0 spiro atoms. The molecule has 0 heterocycles. The molecule has 0 saturated heterocycles.